The minimum absolute atomic E-state index is 0.0237. The monoisotopic (exact) mass is 369 g/mol. The zero-order valence-electron chi connectivity index (χ0n) is 15.6. The summed E-state index contributed by atoms with van der Waals surface area (Å²) in [4.78, 5) is 16.3. The lowest BCUT2D eigenvalue weighted by Gasteiger charge is -2.14. The van der Waals surface area contributed by atoms with Crippen LogP contribution in [0.4, 0.5) is 4.39 Å². The van der Waals surface area contributed by atoms with Crippen LogP contribution in [0.5, 0.6) is 5.75 Å². The quantitative estimate of drug-likeness (QED) is 0.600. The number of H-pyrrole nitrogens is 1. The van der Waals surface area contributed by atoms with Crippen molar-refractivity contribution >= 4 is 16.8 Å². The van der Waals surface area contributed by atoms with Crippen molar-refractivity contribution in [3.05, 3.63) is 65.6 Å². The molecule has 0 aliphatic rings. The van der Waals surface area contributed by atoms with Crippen LogP contribution >= 0.6 is 0 Å². The average molecular weight is 369 g/mol. The van der Waals surface area contributed by atoms with Crippen LogP contribution in [0.1, 0.15) is 11.1 Å². The highest BCUT2D eigenvalue weighted by atomic mass is 19.1. The zero-order valence-corrected chi connectivity index (χ0v) is 15.6. The van der Waals surface area contributed by atoms with Gasteiger partial charge >= 0.3 is 0 Å². The molecule has 6 heteroatoms. The molecule has 0 bridgehead atoms. The smallest absolute Gasteiger partial charge is 0.259 e. The molecule has 3 aromatic rings. The summed E-state index contributed by atoms with van der Waals surface area (Å²) in [7, 11) is 3.41. The standard InChI is InChI=1S/C21H24FN3O2/c1-25(2)21(26)14-27-20-6-4-3-5-16(20)12-23-10-9-15-13-24-19-11-17(22)7-8-18(15)19/h3-8,11,13,23-24H,9-10,12,14H2,1-2H3. The molecule has 27 heavy (non-hydrogen) atoms. The number of nitrogens with zero attached hydrogens (tertiary/aromatic N) is 1. The number of hydrogen-bond donors (Lipinski definition) is 2. The third kappa shape index (κ3) is 4.86. The lowest BCUT2D eigenvalue weighted by molar-refractivity contribution is -0.130. The fourth-order valence-corrected chi connectivity index (χ4v) is 2.87. The topological polar surface area (TPSA) is 57.4 Å². The van der Waals surface area contributed by atoms with Crippen molar-refractivity contribution in [2.75, 3.05) is 27.2 Å². The van der Waals surface area contributed by atoms with Gasteiger partial charge < -0.3 is 19.9 Å². The van der Waals surface area contributed by atoms with Crippen LogP contribution in [-0.2, 0) is 17.8 Å². The molecule has 0 spiro atoms. The van der Waals surface area contributed by atoms with Gasteiger partial charge in [-0.3, -0.25) is 4.79 Å². The maximum Gasteiger partial charge on any atom is 0.259 e. The molecule has 0 unspecified atom stereocenters. The Hall–Kier alpha value is -2.86. The van der Waals surface area contributed by atoms with Crippen LogP contribution in [-0.4, -0.2) is 43.0 Å². The number of benzene rings is 2. The molecule has 1 heterocycles. The Kier molecular flexibility index (Phi) is 6.08. The molecule has 3 rings (SSSR count). The van der Waals surface area contributed by atoms with Crippen LogP contribution in [0.15, 0.2) is 48.7 Å². The van der Waals surface area contributed by atoms with Gasteiger partial charge in [0.15, 0.2) is 6.61 Å². The molecule has 0 saturated carbocycles. The van der Waals surface area contributed by atoms with Gasteiger partial charge in [-0.05, 0) is 42.8 Å². The molecular formula is C21H24FN3O2. The molecule has 1 amide bonds. The zero-order chi connectivity index (χ0) is 19.2. The predicted molar refractivity (Wildman–Crippen MR) is 104 cm³/mol. The Bertz CT molecular complexity index is 921. The first-order chi connectivity index (χ1) is 13.0. The fraction of sp³-hybridized carbons (Fsp3) is 0.286. The van der Waals surface area contributed by atoms with E-state index in [1.54, 1.807) is 20.2 Å². The molecule has 5 nitrogen and oxygen atoms in total. The first-order valence-corrected chi connectivity index (χ1v) is 8.91. The number of carbonyl (C=O) groups excluding carboxylic acids is 1. The summed E-state index contributed by atoms with van der Waals surface area (Å²) < 4.78 is 18.9. The number of amides is 1. The number of ether oxygens (including phenoxy) is 1. The van der Waals surface area contributed by atoms with Crippen molar-refractivity contribution in [3.8, 4) is 5.75 Å². The molecule has 0 saturated heterocycles. The summed E-state index contributed by atoms with van der Waals surface area (Å²) >= 11 is 0. The predicted octanol–water partition coefficient (Wildman–Crippen LogP) is 3.11. The van der Waals surface area contributed by atoms with Gasteiger partial charge in [-0.15, -0.1) is 0 Å². The van der Waals surface area contributed by atoms with E-state index in [2.05, 4.69) is 10.3 Å². The highest BCUT2D eigenvalue weighted by Crippen LogP contribution is 2.20. The van der Waals surface area contributed by atoms with Gasteiger partial charge in [0.25, 0.3) is 5.91 Å². The molecule has 142 valence electrons. The van der Waals surface area contributed by atoms with Gasteiger partial charge in [0.1, 0.15) is 11.6 Å². The summed E-state index contributed by atoms with van der Waals surface area (Å²) in [5.41, 5.74) is 2.97. The van der Waals surface area contributed by atoms with Gasteiger partial charge in [-0.25, -0.2) is 4.39 Å². The Morgan fingerprint density at radius 2 is 2.00 bits per heavy atom. The number of likely N-dealkylation sites (N-methyl/N-ethyl adjacent to an activating group) is 1. The van der Waals surface area contributed by atoms with Crippen molar-refractivity contribution in [1.29, 1.82) is 0 Å². The minimum Gasteiger partial charge on any atom is -0.483 e. The first-order valence-electron chi connectivity index (χ1n) is 8.91. The van der Waals surface area contributed by atoms with Crippen LogP contribution in [0.3, 0.4) is 0 Å². The SMILES string of the molecule is CN(C)C(=O)COc1ccccc1CNCCc1c[nH]c2cc(F)ccc12. The van der Waals surface area contributed by atoms with Crippen LogP contribution in [0.2, 0.25) is 0 Å². The Morgan fingerprint density at radius 3 is 2.81 bits per heavy atom. The molecule has 0 aliphatic heterocycles. The van der Waals surface area contributed by atoms with E-state index in [0.29, 0.717) is 12.3 Å². The second-order valence-electron chi connectivity index (χ2n) is 6.62. The number of carbonyl (C=O) groups is 1. The maximum absolute atomic E-state index is 13.3. The summed E-state index contributed by atoms with van der Waals surface area (Å²) in [5, 5.41) is 4.45. The third-order valence-corrected chi connectivity index (χ3v) is 4.44. The Morgan fingerprint density at radius 1 is 1.19 bits per heavy atom. The third-order valence-electron chi connectivity index (χ3n) is 4.44. The van der Waals surface area contributed by atoms with Crippen LogP contribution in [0, 0.1) is 5.82 Å². The number of para-hydroxylation sites is 1. The van der Waals surface area contributed by atoms with Crippen molar-refractivity contribution in [2.45, 2.75) is 13.0 Å². The van der Waals surface area contributed by atoms with Gasteiger partial charge in [-0.1, -0.05) is 18.2 Å². The number of halogens is 1. The van der Waals surface area contributed by atoms with E-state index in [-0.39, 0.29) is 18.3 Å². The molecule has 0 aliphatic carbocycles. The largest absolute Gasteiger partial charge is 0.483 e. The fourth-order valence-electron chi connectivity index (χ4n) is 2.87. The van der Waals surface area contributed by atoms with Gasteiger partial charge in [-0.2, -0.15) is 0 Å². The number of aromatic amines is 1. The molecule has 0 radical (unpaired) electrons. The molecule has 0 atom stereocenters. The van der Waals surface area contributed by atoms with E-state index in [1.807, 2.05) is 30.5 Å². The number of rotatable bonds is 8. The van der Waals surface area contributed by atoms with Crippen LogP contribution in [0.25, 0.3) is 10.9 Å². The lowest BCUT2D eigenvalue weighted by Crippen LogP contribution is -2.28. The lowest BCUT2D eigenvalue weighted by atomic mass is 10.1. The number of hydrogen-bond acceptors (Lipinski definition) is 3. The van der Waals surface area contributed by atoms with E-state index in [9.17, 15) is 9.18 Å². The summed E-state index contributed by atoms with van der Waals surface area (Å²) in [6.45, 7) is 1.44. The van der Waals surface area contributed by atoms with Crippen LogP contribution < -0.4 is 10.1 Å². The normalized spacial score (nSPS) is 10.9. The Labute approximate surface area is 158 Å². The molecule has 1 aromatic heterocycles. The van der Waals surface area contributed by atoms with Crippen molar-refractivity contribution < 1.29 is 13.9 Å². The van der Waals surface area contributed by atoms with E-state index in [0.717, 1.165) is 35.0 Å². The summed E-state index contributed by atoms with van der Waals surface area (Å²) in [6.07, 6.45) is 2.75. The molecule has 0 fully saturated rings. The van der Waals surface area contributed by atoms with Gasteiger partial charge in [0, 0.05) is 43.3 Å². The summed E-state index contributed by atoms with van der Waals surface area (Å²) in [5.74, 6) is 0.398. The van der Waals surface area contributed by atoms with E-state index in [1.165, 1.54) is 17.0 Å². The van der Waals surface area contributed by atoms with E-state index < -0.39 is 0 Å². The van der Waals surface area contributed by atoms with Crippen molar-refractivity contribution in [2.24, 2.45) is 0 Å². The average Bonchev–Trinajstić information content (AvgIpc) is 3.05. The van der Waals surface area contributed by atoms with Crippen molar-refractivity contribution in [1.82, 2.24) is 15.2 Å². The molecular weight excluding hydrogens is 345 g/mol. The number of aromatic nitrogens is 1. The van der Waals surface area contributed by atoms with Gasteiger partial charge in [0.05, 0.1) is 0 Å². The van der Waals surface area contributed by atoms with Gasteiger partial charge in [0.2, 0.25) is 0 Å². The van der Waals surface area contributed by atoms with Crippen molar-refractivity contribution in [3.63, 3.8) is 0 Å². The Balaban J connectivity index is 1.53. The maximum atomic E-state index is 13.3. The molecule has 2 aromatic carbocycles. The minimum atomic E-state index is -0.238. The van der Waals surface area contributed by atoms with E-state index >= 15 is 0 Å². The second kappa shape index (κ2) is 8.68. The summed E-state index contributed by atoms with van der Waals surface area (Å²) in [6, 6.07) is 12.5. The number of nitrogens with one attached hydrogen (secondary N) is 2. The first kappa shape index (κ1) is 18.9. The molecule has 2 N–H and O–H groups in total. The highest BCUT2D eigenvalue weighted by molar-refractivity contribution is 5.83. The second-order valence-corrected chi connectivity index (χ2v) is 6.62. The highest BCUT2D eigenvalue weighted by Gasteiger charge is 2.08. The van der Waals surface area contributed by atoms with E-state index in [4.69, 9.17) is 4.74 Å². The number of fused-ring (bicyclic) bond motifs is 1.